The normalized spacial score (nSPS) is 48.4. The molecule has 4 aliphatic carbocycles. The summed E-state index contributed by atoms with van der Waals surface area (Å²) >= 11 is 0. The molecule has 2 nitrogen and oxygen atoms in total. The van der Waals surface area contributed by atoms with Crippen LogP contribution in [0.15, 0.2) is 0 Å². The molecule has 0 spiro atoms. The Morgan fingerprint density at radius 1 is 0.900 bits per heavy atom. The van der Waals surface area contributed by atoms with Gasteiger partial charge in [-0.05, 0) is 122 Å². The molecule has 0 aromatic carbocycles. The fraction of sp³-hybridized carbons (Fsp3) is 1.00. The molecule has 4 rings (SSSR count). The third kappa shape index (κ3) is 3.91. The highest BCUT2D eigenvalue weighted by molar-refractivity contribution is 5.10. The molecule has 0 saturated heterocycles. The average Bonchev–Trinajstić information content (AvgIpc) is 3.02. The van der Waals surface area contributed by atoms with Gasteiger partial charge in [0, 0.05) is 0 Å². The molecule has 0 amide bonds. The second-order valence-electron chi connectivity index (χ2n) is 13.8. The third-order valence-electron chi connectivity index (χ3n) is 11.1. The van der Waals surface area contributed by atoms with Crippen molar-refractivity contribution in [3.05, 3.63) is 0 Å². The lowest BCUT2D eigenvalue weighted by atomic mass is 9.44. The number of fused-ring (bicyclic) bond motifs is 5. The summed E-state index contributed by atoms with van der Waals surface area (Å²) in [4.78, 5) is 0. The summed E-state index contributed by atoms with van der Waals surface area (Å²) in [5.41, 5.74) is 1.21. The zero-order valence-corrected chi connectivity index (χ0v) is 20.8. The van der Waals surface area contributed by atoms with Gasteiger partial charge in [-0.2, -0.15) is 0 Å². The maximum atomic E-state index is 11.1. The van der Waals surface area contributed by atoms with Crippen LogP contribution in [0.3, 0.4) is 0 Å². The molecule has 0 aromatic rings. The quantitative estimate of drug-likeness (QED) is 0.525. The van der Waals surface area contributed by atoms with Gasteiger partial charge in [-0.25, -0.2) is 0 Å². The van der Waals surface area contributed by atoms with Crippen molar-refractivity contribution < 1.29 is 10.2 Å². The first kappa shape index (κ1) is 23.1. The Labute approximate surface area is 186 Å². The zero-order valence-electron chi connectivity index (χ0n) is 20.8. The van der Waals surface area contributed by atoms with Crippen molar-refractivity contribution in [2.45, 2.75) is 124 Å². The van der Waals surface area contributed by atoms with Crippen LogP contribution in [0.4, 0.5) is 0 Å². The smallest absolute Gasteiger partial charge is 0.0568 e. The van der Waals surface area contributed by atoms with Crippen LogP contribution in [0.1, 0.15) is 112 Å². The minimum atomic E-state index is -0.143. The second-order valence-corrected chi connectivity index (χ2v) is 13.8. The summed E-state index contributed by atoms with van der Waals surface area (Å²) in [6.45, 7) is 14.4. The molecule has 4 saturated carbocycles. The monoisotopic (exact) mass is 418 g/mol. The Kier molecular flexibility index (Phi) is 6.20. The van der Waals surface area contributed by atoms with Gasteiger partial charge in [0.15, 0.2) is 0 Å². The van der Waals surface area contributed by atoms with Gasteiger partial charge in [0.2, 0.25) is 0 Å². The van der Waals surface area contributed by atoms with Crippen LogP contribution in [0.25, 0.3) is 0 Å². The Bertz CT molecular complexity index is 608. The SMILES string of the molecule is C[C@H](C(O)CCC(C)(C)C)[C@H]1CC[C@H]2[C@@H]3CCC4CC(O)CC[C@]4(C)[C@H]3CC[C@]12C. The van der Waals surface area contributed by atoms with Crippen molar-refractivity contribution in [1.82, 2.24) is 0 Å². The summed E-state index contributed by atoms with van der Waals surface area (Å²) in [5, 5.41) is 21.3. The van der Waals surface area contributed by atoms with Crippen LogP contribution in [0.2, 0.25) is 0 Å². The topological polar surface area (TPSA) is 40.5 Å². The van der Waals surface area contributed by atoms with Gasteiger partial charge < -0.3 is 10.2 Å². The van der Waals surface area contributed by atoms with Crippen molar-refractivity contribution in [3.8, 4) is 0 Å². The third-order valence-corrected chi connectivity index (χ3v) is 11.1. The molecule has 0 bridgehead atoms. The summed E-state index contributed by atoms with van der Waals surface area (Å²) < 4.78 is 0. The lowest BCUT2D eigenvalue weighted by molar-refractivity contribution is -0.132. The zero-order chi connectivity index (χ0) is 21.9. The molecule has 174 valence electrons. The maximum absolute atomic E-state index is 11.1. The van der Waals surface area contributed by atoms with Crippen LogP contribution in [0.5, 0.6) is 0 Å². The van der Waals surface area contributed by atoms with E-state index in [0.717, 1.165) is 49.4 Å². The van der Waals surface area contributed by atoms with Crippen molar-refractivity contribution >= 4 is 0 Å². The van der Waals surface area contributed by atoms with Gasteiger partial charge in [-0.15, -0.1) is 0 Å². The molecule has 0 radical (unpaired) electrons. The molecule has 0 aliphatic heterocycles. The van der Waals surface area contributed by atoms with E-state index in [9.17, 15) is 10.2 Å². The number of rotatable bonds is 4. The Hall–Kier alpha value is -0.0800. The maximum Gasteiger partial charge on any atom is 0.0568 e. The summed E-state index contributed by atoms with van der Waals surface area (Å²) in [5.74, 6) is 4.50. The Balaban J connectivity index is 1.47. The highest BCUT2D eigenvalue weighted by atomic mass is 16.3. The lowest BCUT2D eigenvalue weighted by Crippen LogP contribution is -2.54. The lowest BCUT2D eigenvalue weighted by Gasteiger charge is -2.61. The first-order valence-electron chi connectivity index (χ1n) is 13.3. The number of aliphatic hydroxyl groups excluding tert-OH is 2. The predicted octanol–water partition coefficient (Wildman–Crippen LogP) is 6.83. The van der Waals surface area contributed by atoms with Crippen molar-refractivity contribution in [2.75, 3.05) is 0 Å². The molecule has 2 heteroatoms. The molecule has 2 N–H and O–H groups in total. The molecule has 10 atom stereocenters. The van der Waals surface area contributed by atoms with Gasteiger partial charge >= 0.3 is 0 Å². The van der Waals surface area contributed by atoms with E-state index in [2.05, 4.69) is 41.5 Å². The van der Waals surface area contributed by atoms with Crippen LogP contribution in [-0.4, -0.2) is 22.4 Å². The standard InChI is InChI=1S/C28H50O2/c1-18(25(30)13-14-26(2,3)4)22-9-10-23-21-8-7-19-17-20(29)11-15-27(19,5)24(21)12-16-28(22,23)6/h18-25,29-30H,7-17H2,1-6H3/t18-,19?,20?,21-,22+,23-,24-,25?,27-,28+/m0/s1. The molecular formula is C28H50O2. The molecule has 0 aromatic heterocycles. The van der Waals surface area contributed by atoms with Crippen molar-refractivity contribution in [3.63, 3.8) is 0 Å². The van der Waals surface area contributed by atoms with Gasteiger partial charge in [0.1, 0.15) is 0 Å². The largest absolute Gasteiger partial charge is 0.393 e. The average molecular weight is 419 g/mol. The van der Waals surface area contributed by atoms with Gasteiger partial charge in [-0.3, -0.25) is 0 Å². The second kappa shape index (κ2) is 8.05. The van der Waals surface area contributed by atoms with E-state index in [1.54, 1.807) is 0 Å². The summed E-state index contributed by atoms with van der Waals surface area (Å²) in [6, 6.07) is 0. The number of hydrogen-bond donors (Lipinski definition) is 2. The minimum Gasteiger partial charge on any atom is -0.393 e. The first-order chi connectivity index (χ1) is 14.0. The Morgan fingerprint density at radius 2 is 1.57 bits per heavy atom. The molecule has 0 heterocycles. The van der Waals surface area contributed by atoms with Gasteiger partial charge in [0.05, 0.1) is 12.2 Å². The highest BCUT2D eigenvalue weighted by Gasteiger charge is 2.60. The fourth-order valence-corrected chi connectivity index (χ4v) is 9.25. The fourth-order valence-electron chi connectivity index (χ4n) is 9.25. The van der Waals surface area contributed by atoms with E-state index in [-0.39, 0.29) is 12.2 Å². The van der Waals surface area contributed by atoms with E-state index in [4.69, 9.17) is 0 Å². The molecular weight excluding hydrogens is 368 g/mol. The molecule has 3 unspecified atom stereocenters. The van der Waals surface area contributed by atoms with Gasteiger partial charge in [-0.1, -0.05) is 41.5 Å². The van der Waals surface area contributed by atoms with E-state index in [0.29, 0.717) is 28.1 Å². The summed E-state index contributed by atoms with van der Waals surface area (Å²) in [6.07, 6.45) is 13.4. The van der Waals surface area contributed by atoms with E-state index >= 15 is 0 Å². The first-order valence-corrected chi connectivity index (χ1v) is 13.3. The molecule has 4 fully saturated rings. The van der Waals surface area contributed by atoms with Crippen LogP contribution in [-0.2, 0) is 0 Å². The van der Waals surface area contributed by atoms with Gasteiger partial charge in [0.25, 0.3) is 0 Å². The van der Waals surface area contributed by atoms with E-state index in [1.807, 2.05) is 0 Å². The van der Waals surface area contributed by atoms with Crippen LogP contribution in [0, 0.1) is 51.8 Å². The van der Waals surface area contributed by atoms with Crippen LogP contribution >= 0.6 is 0 Å². The van der Waals surface area contributed by atoms with Crippen LogP contribution < -0.4 is 0 Å². The minimum absolute atomic E-state index is 0.0419. The van der Waals surface area contributed by atoms with E-state index < -0.39 is 0 Å². The van der Waals surface area contributed by atoms with Crippen molar-refractivity contribution in [2.24, 2.45) is 51.8 Å². The molecule has 4 aliphatic rings. The number of hydrogen-bond acceptors (Lipinski definition) is 2. The highest BCUT2D eigenvalue weighted by Crippen LogP contribution is 2.68. The van der Waals surface area contributed by atoms with E-state index in [1.165, 1.54) is 44.9 Å². The number of aliphatic hydroxyl groups is 2. The Morgan fingerprint density at radius 3 is 2.27 bits per heavy atom. The predicted molar refractivity (Wildman–Crippen MR) is 125 cm³/mol. The van der Waals surface area contributed by atoms with Crippen molar-refractivity contribution in [1.29, 1.82) is 0 Å². The molecule has 30 heavy (non-hydrogen) atoms. The summed E-state index contributed by atoms with van der Waals surface area (Å²) in [7, 11) is 0.